The molecule has 3 nitrogen and oxygen atoms in total. The summed E-state index contributed by atoms with van der Waals surface area (Å²) in [4.78, 5) is 11.6. The Morgan fingerprint density at radius 2 is 2.00 bits per heavy atom. The molecule has 0 aliphatic rings. The first kappa shape index (κ1) is 13.6. The molecule has 3 heteroatoms. The van der Waals surface area contributed by atoms with Gasteiger partial charge in [-0.25, -0.2) is 0 Å². The van der Waals surface area contributed by atoms with Crippen LogP contribution in [0.5, 0.6) is 5.75 Å². The smallest absolute Gasteiger partial charge is 0.308 e. The zero-order valence-electron chi connectivity index (χ0n) is 10.5. The van der Waals surface area contributed by atoms with Gasteiger partial charge in [0.15, 0.2) is 0 Å². The monoisotopic (exact) mass is 236 g/mol. The Bertz CT molecular complexity index is 343. The maximum absolute atomic E-state index is 11.6. The van der Waals surface area contributed by atoms with E-state index in [0.717, 1.165) is 24.8 Å². The van der Waals surface area contributed by atoms with E-state index < -0.39 is 0 Å². The number of unbranched alkanes of at least 4 members (excludes halogenated alkanes) is 1. The van der Waals surface area contributed by atoms with Crippen molar-refractivity contribution in [1.82, 2.24) is 0 Å². The summed E-state index contributed by atoms with van der Waals surface area (Å²) in [5.74, 6) is 0.0212. The minimum absolute atomic E-state index is 0.0792. The SMILES string of the molecule is CCCCC(Cc1ccc(O)cc1)C(=O)OC. The molecule has 94 valence electrons. The number of ether oxygens (including phenoxy) is 1. The summed E-state index contributed by atoms with van der Waals surface area (Å²) >= 11 is 0. The third kappa shape index (κ3) is 4.47. The van der Waals surface area contributed by atoms with Gasteiger partial charge in [0.1, 0.15) is 5.75 Å². The summed E-state index contributed by atoms with van der Waals surface area (Å²) in [6.07, 6.45) is 3.62. The van der Waals surface area contributed by atoms with Gasteiger partial charge in [-0.15, -0.1) is 0 Å². The van der Waals surface area contributed by atoms with Crippen LogP contribution < -0.4 is 0 Å². The molecule has 0 aromatic heterocycles. The Kier molecular flexibility index (Phi) is 5.53. The summed E-state index contributed by atoms with van der Waals surface area (Å²) < 4.78 is 4.82. The predicted octanol–water partition coefficient (Wildman–Crippen LogP) is 2.91. The first-order valence-electron chi connectivity index (χ1n) is 6.03. The standard InChI is InChI=1S/C14H20O3/c1-3-4-5-12(14(16)17-2)10-11-6-8-13(15)9-7-11/h6-9,12,15H,3-5,10H2,1-2H3. The highest BCUT2D eigenvalue weighted by atomic mass is 16.5. The zero-order chi connectivity index (χ0) is 12.7. The van der Waals surface area contributed by atoms with Crippen molar-refractivity contribution >= 4 is 5.97 Å². The minimum Gasteiger partial charge on any atom is -0.508 e. The second-order valence-corrected chi connectivity index (χ2v) is 4.23. The van der Waals surface area contributed by atoms with Crippen molar-refractivity contribution in [1.29, 1.82) is 0 Å². The second kappa shape index (κ2) is 6.94. The molecule has 0 aliphatic carbocycles. The van der Waals surface area contributed by atoms with Crippen molar-refractivity contribution in [2.45, 2.75) is 32.6 Å². The van der Waals surface area contributed by atoms with Gasteiger partial charge in [0, 0.05) is 0 Å². The molecule has 0 heterocycles. The van der Waals surface area contributed by atoms with Crippen molar-refractivity contribution in [2.24, 2.45) is 5.92 Å². The Labute approximate surface area is 102 Å². The largest absolute Gasteiger partial charge is 0.508 e. The Balaban J connectivity index is 2.64. The first-order chi connectivity index (χ1) is 8.17. The van der Waals surface area contributed by atoms with E-state index in [1.807, 2.05) is 12.1 Å². The fraction of sp³-hybridized carbons (Fsp3) is 0.500. The summed E-state index contributed by atoms with van der Waals surface area (Å²) in [6.45, 7) is 2.11. The van der Waals surface area contributed by atoms with E-state index in [4.69, 9.17) is 4.74 Å². The normalized spacial score (nSPS) is 12.1. The van der Waals surface area contributed by atoms with E-state index in [9.17, 15) is 9.90 Å². The number of phenols is 1. The van der Waals surface area contributed by atoms with Gasteiger partial charge in [0.05, 0.1) is 13.0 Å². The number of esters is 1. The predicted molar refractivity (Wildman–Crippen MR) is 66.8 cm³/mol. The summed E-state index contributed by atoms with van der Waals surface area (Å²) in [5.41, 5.74) is 1.05. The summed E-state index contributed by atoms with van der Waals surface area (Å²) in [7, 11) is 1.43. The molecule has 0 radical (unpaired) electrons. The van der Waals surface area contributed by atoms with E-state index >= 15 is 0 Å². The number of methoxy groups -OCH3 is 1. The lowest BCUT2D eigenvalue weighted by molar-refractivity contribution is -0.145. The quantitative estimate of drug-likeness (QED) is 0.772. The van der Waals surface area contributed by atoms with E-state index in [2.05, 4.69) is 6.92 Å². The molecule has 1 rings (SSSR count). The third-order valence-corrected chi connectivity index (χ3v) is 2.86. The lowest BCUT2D eigenvalue weighted by Gasteiger charge is -2.14. The van der Waals surface area contributed by atoms with Crippen LogP contribution in [0.25, 0.3) is 0 Å². The van der Waals surface area contributed by atoms with E-state index in [1.165, 1.54) is 7.11 Å². The molecule has 0 amide bonds. The molecule has 1 aromatic rings. The van der Waals surface area contributed by atoms with Crippen LogP contribution in [0.4, 0.5) is 0 Å². The fourth-order valence-corrected chi connectivity index (χ4v) is 1.84. The molecule has 1 unspecified atom stereocenters. The number of carbonyl (C=O) groups is 1. The van der Waals surface area contributed by atoms with Gasteiger partial charge in [-0.2, -0.15) is 0 Å². The molecule has 0 bridgehead atoms. The Hall–Kier alpha value is -1.51. The third-order valence-electron chi connectivity index (χ3n) is 2.86. The molecule has 1 atom stereocenters. The Morgan fingerprint density at radius 1 is 1.35 bits per heavy atom. The van der Waals surface area contributed by atoms with E-state index in [1.54, 1.807) is 12.1 Å². The van der Waals surface area contributed by atoms with Crippen molar-refractivity contribution in [3.63, 3.8) is 0 Å². The number of phenolic OH excluding ortho intramolecular Hbond substituents is 1. The molecular formula is C14H20O3. The van der Waals surface area contributed by atoms with E-state index in [-0.39, 0.29) is 17.6 Å². The average molecular weight is 236 g/mol. The second-order valence-electron chi connectivity index (χ2n) is 4.23. The lowest BCUT2D eigenvalue weighted by Crippen LogP contribution is -2.18. The van der Waals surface area contributed by atoms with Crippen molar-refractivity contribution in [3.8, 4) is 5.75 Å². The number of aromatic hydroxyl groups is 1. The number of benzene rings is 1. The number of hydrogen-bond donors (Lipinski definition) is 1. The highest BCUT2D eigenvalue weighted by Crippen LogP contribution is 2.18. The summed E-state index contributed by atoms with van der Waals surface area (Å²) in [6, 6.07) is 6.97. The number of hydrogen-bond acceptors (Lipinski definition) is 3. The molecule has 17 heavy (non-hydrogen) atoms. The molecule has 1 N–H and O–H groups in total. The van der Waals surface area contributed by atoms with Crippen LogP contribution in [0, 0.1) is 5.92 Å². The van der Waals surface area contributed by atoms with E-state index in [0.29, 0.717) is 6.42 Å². The van der Waals surface area contributed by atoms with Crippen LogP contribution in [0.2, 0.25) is 0 Å². The van der Waals surface area contributed by atoms with Gasteiger partial charge in [-0.05, 0) is 30.5 Å². The van der Waals surface area contributed by atoms with Crippen molar-refractivity contribution in [2.75, 3.05) is 7.11 Å². The highest BCUT2D eigenvalue weighted by molar-refractivity contribution is 5.72. The molecule has 0 spiro atoms. The number of rotatable bonds is 6. The van der Waals surface area contributed by atoms with Crippen LogP contribution >= 0.6 is 0 Å². The van der Waals surface area contributed by atoms with Crippen LogP contribution in [0.15, 0.2) is 24.3 Å². The van der Waals surface area contributed by atoms with Gasteiger partial charge < -0.3 is 9.84 Å². The van der Waals surface area contributed by atoms with Gasteiger partial charge in [-0.3, -0.25) is 4.79 Å². The van der Waals surface area contributed by atoms with Crippen molar-refractivity contribution in [3.05, 3.63) is 29.8 Å². The molecule has 0 saturated heterocycles. The van der Waals surface area contributed by atoms with Gasteiger partial charge in [0.25, 0.3) is 0 Å². The fourth-order valence-electron chi connectivity index (χ4n) is 1.84. The molecule has 0 fully saturated rings. The van der Waals surface area contributed by atoms with Crippen LogP contribution in [0.1, 0.15) is 31.7 Å². The zero-order valence-corrected chi connectivity index (χ0v) is 10.5. The molecule has 0 saturated carbocycles. The highest BCUT2D eigenvalue weighted by Gasteiger charge is 2.18. The minimum atomic E-state index is -0.147. The maximum atomic E-state index is 11.6. The van der Waals surface area contributed by atoms with Gasteiger partial charge in [0.2, 0.25) is 0 Å². The summed E-state index contributed by atoms with van der Waals surface area (Å²) in [5, 5.41) is 9.20. The van der Waals surface area contributed by atoms with Crippen LogP contribution in [0.3, 0.4) is 0 Å². The maximum Gasteiger partial charge on any atom is 0.308 e. The lowest BCUT2D eigenvalue weighted by atomic mass is 9.94. The average Bonchev–Trinajstić information content (AvgIpc) is 2.36. The molecular weight excluding hydrogens is 216 g/mol. The Morgan fingerprint density at radius 3 is 2.53 bits per heavy atom. The van der Waals surface area contributed by atoms with Crippen LogP contribution in [-0.2, 0) is 16.0 Å². The number of carbonyl (C=O) groups excluding carboxylic acids is 1. The molecule has 1 aromatic carbocycles. The topological polar surface area (TPSA) is 46.5 Å². The van der Waals surface area contributed by atoms with Crippen molar-refractivity contribution < 1.29 is 14.6 Å². The van der Waals surface area contributed by atoms with Gasteiger partial charge in [-0.1, -0.05) is 31.9 Å². The first-order valence-corrected chi connectivity index (χ1v) is 6.03. The van der Waals surface area contributed by atoms with Crippen LogP contribution in [-0.4, -0.2) is 18.2 Å². The molecule has 0 aliphatic heterocycles. The van der Waals surface area contributed by atoms with Gasteiger partial charge >= 0.3 is 5.97 Å².